The molecule has 2 aromatic heterocycles. The molecule has 1 aliphatic heterocycles. The first-order valence-corrected chi connectivity index (χ1v) is 11.9. The van der Waals surface area contributed by atoms with Crippen molar-refractivity contribution in [1.29, 1.82) is 0 Å². The fraction of sp³-hybridized carbons (Fsp3) is 0.360. The Morgan fingerprint density at radius 2 is 1.90 bits per heavy atom. The summed E-state index contributed by atoms with van der Waals surface area (Å²) in [5.74, 6) is 2.77. The molecule has 4 rings (SSSR count). The Kier molecular flexibility index (Phi) is 6.66. The van der Waals surface area contributed by atoms with Gasteiger partial charge in [0, 0.05) is 23.5 Å². The molecule has 3 heterocycles. The number of carbonyl (C=O) groups excluding carboxylic acids is 1. The summed E-state index contributed by atoms with van der Waals surface area (Å²) in [6.45, 7) is 5.87. The standard InChI is InChI=1S/C25H28N2O3S/c1-17-14-23(18(2)30-17)25(28)27-12-10-19(11-13-27)16-29-21-6-9-24(26-15-21)20-4-7-22(31-3)8-5-20/h4-9,14-15,19H,10-13,16H2,1-3H3. The summed E-state index contributed by atoms with van der Waals surface area (Å²) < 4.78 is 11.5. The third kappa shape index (κ3) is 5.13. The van der Waals surface area contributed by atoms with Gasteiger partial charge in [0.2, 0.25) is 0 Å². The van der Waals surface area contributed by atoms with Crippen molar-refractivity contribution in [3.63, 3.8) is 0 Å². The number of pyridine rings is 1. The van der Waals surface area contributed by atoms with E-state index >= 15 is 0 Å². The van der Waals surface area contributed by atoms with Gasteiger partial charge in [-0.25, -0.2) is 0 Å². The number of nitrogens with zero attached hydrogens (tertiary/aromatic N) is 2. The smallest absolute Gasteiger partial charge is 0.257 e. The van der Waals surface area contributed by atoms with Gasteiger partial charge in [-0.3, -0.25) is 9.78 Å². The summed E-state index contributed by atoms with van der Waals surface area (Å²) >= 11 is 1.73. The van der Waals surface area contributed by atoms with Gasteiger partial charge in [0.1, 0.15) is 17.3 Å². The Morgan fingerprint density at radius 3 is 2.48 bits per heavy atom. The van der Waals surface area contributed by atoms with Crippen LogP contribution in [0.1, 0.15) is 34.7 Å². The van der Waals surface area contributed by atoms with E-state index in [9.17, 15) is 4.79 Å². The Morgan fingerprint density at radius 1 is 1.16 bits per heavy atom. The lowest BCUT2D eigenvalue weighted by Gasteiger charge is -2.31. The molecule has 1 amide bonds. The maximum absolute atomic E-state index is 12.7. The van der Waals surface area contributed by atoms with Gasteiger partial charge < -0.3 is 14.1 Å². The number of piperidine rings is 1. The second-order valence-corrected chi connectivity index (χ2v) is 8.86. The number of rotatable bonds is 6. The van der Waals surface area contributed by atoms with E-state index in [1.54, 1.807) is 18.0 Å². The molecule has 3 aromatic rings. The Labute approximate surface area is 187 Å². The molecule has 1 aromatic carbocycles. The molecule has 0 saturated carbocycles. The van der Waals surface area contributed by atoms with Crippen molar-refractivity contribution in [2.45, 2.75) is 31.6 Å². The molecular formula is C25H28N2O3S. The molecule has 1 aliphatic rings. The number of benzene rings is 1. The van der Waals surface area contributed by atoms with Gasteiger partial charge in [0.25, 0.3) is 5.91 Å². The first kappa shape index (κ1) is 21.5. The molecule has 31 heavy (non-hydrogen) atoms. The fourth-order valence-electron chi connectivity index (χ4n) is 3.93. The number of furan rings is 1. The van der Waals surface area contributed by atoms with E-state index in [1.165, 1.54) is 4.90 Å². The molecule has 1 fully saturated rings. The van der Waals surface area contributed by atoms with E-state index in [4.69, 9.17) is 9.15 Å². The molecule has 0 N–H and O–H groups in total. The predicted octanol–water partition coefficient (Wildman–Crippen LogP) is 5.61. The zero-order chi connectivity index (χ0) is 21.8. The lowest BCUT2D eigenvalue weighted by Crippen LogP contribution is -2.39. The fourth-order valence-corrected chi connectivity index (χ4v) is 4.34. The van der Waals surface area contributed by atoms with Gasteiger partial charge in [-0.2, -0.15) is 0 Å². The zero-order valence-corrected chi connectivity index (χ0v) is 19.1. The molecule has 0 spiro atoms. The van der Waals surface area contributed by atoms with Gasteiger partial charge in [0.05, 0.1) is 24.1 Å². The van der Waals surface area contributed by atoms with Crippen LogP contribution in [0.3, 0.4) is 0 Å². The molecule has 0 atom stereocenters. The molecule has 0 bridgehead atoms. The number of aryl methyl sites for hydroxylation is 2. The first-order chi connectivity index (χ1) is 15.0. The van der Waals surface area contributed by atoms with Crippen LogP contribution in [0.15, 0.2) is 58.0 Å². The number of amides is 1. The maximum Gasteiger partial charge on any atom is 0.257 e. The topological polar surface area (TPSA) is 55.6 Å². The minimum absolute atomic E-state index is 0.0686. The quantitative estimate of drug-likeness (QED) is 0.470. The van der Waals surface area contributed by atoms with Crippen LogP contribution < -0.4 is 4.74 Å². The van der Waals surface area contributed by atoms with Crippen LogP contribution in [0.4, 0.5) is 0 Å². The molecule has 0 aliphatic carbocycles. The number of likely N-dealkylation sites (tertiary alicyclic amines) is 1. The van der Waals surface area contributed by atoms with Crippen LogP contribution in [0.2, 0.25) is 0 Å². The summed E-state index contributed by atoms with van der Waals surface area (Å²) in [4.78, 5) is 20.4. The van der Waals surface area contributed by atoms with Crippen molar-refractivity contribution < 1.29 is 13.9 Å². The molecule has 0 unspecified atom stereocenters. The average Bonchev–Trinajstić information content (AvgIpc) is 3.15. The summed E-state index contributed by atoms with van der Waals surface area (Å²) in [5.41, 5.74) is 2.72. The van der Waals surface area contributed by atoms with Crippen LogP contribution in [-0.4, -0.2) is 41.7 Å². The summed E-state index contributed by atoms with van der Waals surface area (Å²) in [7, 11) is 0. The van der Waals surface area contributed by atoms with E-state index in [1.807, 2.05) is 36.9 Å². The monoisotopic (exact) mass is 436 g/mol. The van der Waals surface area contributed by atoms with Crippen molar-refractivity contribution >= 4 is 17.7 Å². The number of hydrogen-bond donors (Lipinski definition) is 0. The molecular weight excluding hydrogens is 408 g/mol. The lowest BCUT2D eigenvalue weighted by atomic mass is 9.97. The second-order valence-electron chi connectivity index (χ2n) is 7.98. The second kappa shape index (κ2) is 9.60. The van der Waals surface area contributed by atoms with Crippen LogP contribution in [0.25, 0.3) is 11.3 Å². The number of carbonyl (C=O) groups is 1. The van der Waals surface area contributed by atoms with E-state index in [-0.39, 0.29) is 5.91 Å². The maximum atomic E-state index is 12.7. The third-order valence-electron chi connectivity index (χ3n) is 5.78. The summed E-state index contributed by atoms with van der Waals surface area (Å²) in [5, 5.41) is 0. The number of ether oxygens (including phenoxy) is 1. The van der Waals surface area contributed by atoms with E-state index < -0.39 is 0 Å². The van der Waals surface area contributed by atoms with Crippen LogP contribution >= 0.6 is 11.8 Å². The van der Waals surface area contributed by atoms with E-state index in [0.29, 0.717) is 23.8 Å². The van der Waals surface area contributed by atoms with Crippen molar-refractivity contribution in [3.05, 3.63) is 65.7 Å². The van der Waals surface area contributed by atoms with Gasteiger partial charge in [-0.05, 0) is 69.2 Å². The molecule has 5 nitrogen and oxygen atoms in total. The predicted molar refractivity (Wildman–Crippen MR) is 124 cm³/mol. The number of aromatic nitrogens is 1. The van der Waals surface area contributed by atoms with Crippen molar-refractivity contribution in [2.24, 2.45) is 5.92 Å². The highest BCUT2D eigenvalue weighted by Crippen LogP contribution is 2.25. The Hall–Kier alpha value is -2.73. The third-order valence-corrected chi connectivity index (χ3v) is 6.52. The minimum Gasteiger partial charge on any atom is -0.492 e. The Balaban J connectivity index is 1.26. The van der Waals surface area contributed by atoms with Crippen LogP contribution in [-0.2, 0) is 0 Å². The van der Waals surface area contributed by atoms with E-state index in [2.05, 4.69) is 35.5 Å². The molecule has 162 valence electrons. The van der Waals surface area contributed by atoms with Gasteiger partial charge in [-0.15, -0.1) is 11.8 Å². The number of thioether (sulfide) groups is 1. The van der Waals surface area contributed by atoms with E-state index in [0.717, 1.165) is 48.7 Å². The van der Waals surface area contributed by atoms with Gasteiger partial charge >= 0.3 is 0 Å². The van der Waals surface area contributed by atoms with Crippen LogP contribution in [0, 0.1) is 19.8 Å². The van der Waals surface area contributed by atoms with Gasteiger partial charge in [-0.1, -0.05) is 12.1 Å². The highest BCUT2D eigenvalue weighted by atomic mass is 32.2. The first-order valence-electron chi connectivity index (χ1n) is 10.6. The normalized spacial score (nSPS) is 14.6. The van der Waals surface area contributed by atoms with Crippen LogP contribution in [0.5, 0.6) is 5.75 Å². The highest BCUT2D eigenvalue weighted by Gasteiger charge is 2.26. The summed E-state index contributed by atoms with van der Waals surface area (Å²) in [6, 6.07) is 14.2. The van der Waals surface area contributed by atoms with Crippen molar-refractivity contribution in [3.8, 4) is 17.0 Å². The van der Waals surface area contributed by atoms with Gasteiger partial charge in [0.15, 0.2) is 0 Å². The SMILES string of the molecule is CSc1ccc(-c2ccc(OCC3CCN(C(=O)c4cc(C)oc4C)CC3)cn2)cc1. The summed E-state index contributed by atoms with van der Waals surface area (Å²) in [6.07, 6.45) is 5.74. The molecule has 0 radical (unpaired) electrons. The Bertz CT molecular complexity index is 1020. The van der Waals surface area contributed by atoms with Crippen molar-refractivity contribution in [1.82, 2.24) is 9.88 Å². The molecule has 1 saturated heterocycles. The van der Waals surface area contributed by atoms with Crippen molar-refractivity contribution in [2.75, 3.05) is 26.0 Å². The zero-order valence-electron chi connectivity index (χ0n) is 18.3. The number of hydrogen-bond acceptors (Lipinski definition) is 5. The highest BCUT2D eigenvalue weighted by molar-refractivity contribution is 7.98. The average molecular weight is 437 g/mol. The largest absolute Gasteiger partial charge is 0.492 e. The molecule has 6 heteroatoms. The minimum atomic E-state index is 0.0686. The lowest BCUT2D eigenvalue weighted by molar-refractivity contribution is 0.0659.